The zero-order valence-corrected chi connectivity index (χ0v) is 11.5. The fraction of sp³-hybridized carbons (Fsp3) is 0.846. The lowest BCUT2D eigenvalue weighted by molar-refractivity contribution is 0.342. The van der Waals surface area contributed by atoms with E-state index in [4.69, 9.17) is 10.3 Å². The van der Waals surface area contributed by atoms with Gasteiger partial charge in [0.25, 0.3) is 0 Å². The molecule has 2 aliphatic rings. The lowest BCUT2D eigenvalue weighted by Crippen LogP contribution is -2.22. The topological polar surface area (TPSA) is 64.9 Å². The third-order valence-electron chi connectivity index (χ3n) is 4.12. The van der Waals surface area contributed by atoms with Crippen molar-refractivity contribution in [2.45, 2.75) is 67.9 Å². The minimum Gasteiger partial charge on any atom is -0.339 e. The summed E-state index contributed by atoms with van der Waals surface area (Å²) in [6, 6.07) is 0.209. The van der Waals surface area contributed by atoms with Gasteiger partial charge in [-0.05, 0) is 25.7 Å². The van der Waals surface area contributed by atoms with Crippen LogP contribution in [0.1, 0.15) is 62.6 Å². The summed E-state index contributed by atoms with van der Waals surface area (Å²) in [5, 5.41) is 4.90. The molecule has 1 heterocycles. The Hall–Kier alpha value is -0.550. The molecule has 1 aromatic rings. The molecule has 2 fully saturated rings. The minimum atomic E-state index is 0.209. The Morgan fingerprint density at radius 2 is 2.00 bits per heavy atom. The van der Waals surface area contributed by atoms with E-state index in [9.17, 15) is 0 Å². The van der Waals surface area contributed by atoms with Crippen molar-refractivity contribution < 1.29 is 4.52 Å². The van der Waals surface area contributed by atoms with Crippen LogP contribution in [0.5, 0.6) is 0 Å². The normalized spacial score (nSPS) is 29.2. The van der Waals surface area contributed by atoms with Gasteiger partial charge in [0.1, 0.15) is 0 Å². The van der Waals surface area contributed by atoms with Crippen LogP contribution >= 0.6 is 11.8 Å². The molecule has 2 atom stereocenters. The van der Waals surface area contributed by atoms with E-state index in [2.05, 4.69) is 10.1 Å². The van der Waals surface area contributed by atoms with Gasteiger partial charge in [0.15, 0.2) is 5.82 Å². The van der Waals surface area contributed by atoms with Gasteiger partial charge in [-0.1, -0.05) is 24.4 Å². The second-order valence-electron chi connectivity index (χ2n) is 5.47. The van der Waals surface area contributed by atoms with Crippen LogP contribution in [-0.2, 0) is 5.75 Å². The second-order valence-corrected chi connectivity index (χ2v) is 6.76. The lowest BCUT2D eigenvalue weighted by Gasteiger charge is -2.09. The van der Waals surface area contributed by atoms with Gasteiger partial charge in [-0.15, -0.1) is 0 Å². The van der Waals surface area contributed by atoms with Crippen molar-refractivity contribution in [1.82, 2.24) is 10.1 Å². The highest BCUT2D eigenvalue weighted by Gasteiger charge is 2.30. The molecular weight excluding hydrogens is 246 g/mol. The maximum Gasteiger partial charge on any atom is 0.231 e. The third kappa shape index (κ3) is 2.72. The molecule has 5 heteroatoms. The molecule has 0 aliphatic heterocycles. The summed E-state index contributed by atoms with van der Waals surface area (Å²) >= 11 is 1.98. The molecule has 2 N–H and O–H groups in total. The highest BCUT2D eigenvalue weighted by atomic mass is 32.2. The molecule has 0 aromatic carbocycles. The van der Waals surface area contributed by atoms with Crippen LogP contribution in [0.2, 0.25) is 0 Å². The van der Waals surface area contributed by atoms with Gasteiger partial charge < -0.3 is 10.3 Å². The predicted molar refractivity (Wildman–Crippen MR) is 72.4 cm³/mol. The van der Waals surface area contributed by atoms with E-state index in [1.807, 2.05) is 11.8 Å². The average Bonchev–Trinajstić information content (AvgIpc) is 3.07. The number of nitrogens with two attached hydrogens (primary N) is 1. The standard InChI is InChI=1S/C13H21N3OS/c14-11-7-3-6-10(11)13-15-12(16-17-13)8-18-9-4-1-2-5-9/h9-11H,1-8,14H2. The fourth-order valence-electron chi connectivity index (χ4n) is 3.02. The van der Waals surface area contributed by atoms with Crippen molar-refractivity contribution in [1.29, 1.82) is 0 Å². The monoisotopic (exact) mass is 267 g/mol. The highest BCUT2D eigenvalue weighted by molar-refractivity contribution is 7.99. The van der Waals surface area contributed by atoms with Crippen LogP contribution in [0.25, 0.3) is 0 Å². The Bertz CT molecular complexity index is 389. The Morgan fingerprint density at radius 1 is 1.17 bits per heavy atom. The summed E-state index contributed by atoms with van der Waals surface area (Å²) in [7, 11) is 0. The van der Waals surface area contributed by atoms with Crippen molar-refractivity contribution in [2.75, 3.05) is 0 Å². The average molecular weight is 267 g/mol. The highest BCUT2D eigenvalue weighted by Crippen LogP contribution is 2.34. The van der Waals surface area contributed by atoms with Gasteiger partial charge in [0, 0.05) is 11.3 Å². The predicted octanol–water partition coefficient (Wildman–Crippen LogP) is 2.84. The number of aromatic nitrogens is 2. The summed E-state index contributed by atoms with van der Waals surface area (Å²) in [5.41, 5.74) is 6.06. The number of thioether (sulfide) groups is 1. The first-order chi connectivity index (χ1) is 8.83. The fourth-order valence-corrected chi connectivity index (χ4v) is 4.19. The Morgan fingerprint density at radius 3 is 2.72 bits per heavy atom. The molecule has 0 bridgehead atoms. The summed E-state index contributed by atoms with van der Waals surface area (Å²) < 4.78 is 5.38. The van der Waals surface area contributed by atoms with Gasteiger partial charge in [-0.3, -0.25) is 0 Å². The zero-order chi connectivity index (χ0) is 12.4. The number of nitrogens with zero attached hydrogens (tertiary/aromatic N) is 2. The molecular formula is C13H21N3OS. The van der Waals surface area contributed by atoms with E-state index in [0.717, 1.165) is 35.6 Å². The van der Waals surface area contributed by atoms with E-state index in [0.29, 0.717) is 5.92 Å². The number of hydrogen-bond donors (Lipinski definition) is 1. The lowest BCUT2D eigenvalue weighted by atomic mass is 10.1. The summed E-state index contributed by atoms with van der Waals surface area (Å²) in [4.78, 5) is 4.53. The molecule has 0 amide bonds. The maximum atomic E-state index is 6.06. The van der Waals surface area contributed by atoms with Crippen molar-refractivity contribution in [3.05, 3.63) is 11.7 Å². The van der Waals surface area contributed by atoms with Gasteiger partial charge in [-0.2, -0.15) is 16.7 Å². The Kier molecular flexibility index (Phi) is 3.89. The molecule has 0 radical (unpaired) electrons. The van der Waals surface area contributed by atoms with E-state index < -0.39 is 0 Å². The molecule has 100 valence electrons. The van der Waals surface area contributed by atoms with Crippen molar-refractivity contribution in [3.63, 3.8) is 0 Å². The second kappa shape index (κ2) is 5.61. The molecule has 2 unspecified atom stereocenters. The van der Waals surface area contributed by atoms with Crippen LogP contribution in [0.4, 0.5) is 0 Å². The van der Waals surface area contributed by atoms with Crippen LogP contribution in [0, 0.1) is 0 Å². The SMILES string of the molecule is NC1CCCC1c1nc(CSC2CCCC2)no1. The largest absolute Gasteiger partial charge is 0.339 e. The zero-order valence-electron chi connectivity index (χ0n) is 10.7. The molecule has 2 aliphatic carbocycles. The Balaban J connectivity index is 1.55. The first-order valence-electron chi connectivity index (χ1n) is 7.02. The summed E-state index contributed by atoms with van der Waals surface area (Å²) in [6.45, 7) is 0. The Labute approximate surface area is 112 Å². The molecule has 2 saturated carbocycles. The van der Waals surface area contributed by atoms with E-state index in [1.165, 1.54) is 32.1 Å². The van der Waals surface area contributed by atoms with E-state index in [-0.39, 0.29) is 6.04 Å². The van der Waals surface area contributed by atoms with E-state index >= 15 is 0 Å². The summed E-state index contributed by atoms with van der Waals surface area (Å²) in [5.74, 6) is 2.79. The molecule has 1 aromatic heterocycles. The number of hydrogen-bond acceptors (Lipinski definition) is 5. The minimum absolute atomic E-state index is 0.209. The molecule has 18 heavy (non-hydrogen) atoms. The van der Waals surface area contributed by atoms with Crippen LogP contribution in [0.3, 0.4) is 0 Å². The van der Waals surface area contributed by atoms with Crippen molar-refractivity contribution in [3.8, 4) is 0 Å². The van der Waals surface area contributed by atoms with Crippen molar-refractivity contribution >= 4 is 11.8 Å². The summed E-state index contributed by atoms with van der Waals surface area (Å²) in [6.07, 6.45) is 8.82. The van der Waals surface area contributed by atoms with Crippen LogP contribution in [0.15, 0.2) is 4.52 Å². The molecule has 3 rings (SSSR count). The van der Waals surface area contributed by atoms with Crippen molar-refractivity contribution in [2.24, 2.45) is 5.73 Å². The molecule has 4 nitrogen and oxygen atoms in total. The number of rotatable bonds is 4. The maximum absolute atomic E-state index is 6.06. The quantitative estimate of drug-likeness (QED) is 0.908. The van der Waals surface area contributed by atoms with Gasteiger partial charge in [0.2, 0.25) is 5.89 Å². The van der Waals surface area contributed by atoms with Crippen LogP contribution < -0.4 is 5.73 Å². The van der Waals surface area contributed by atoms with Gasteiger partial charge in [-0.25, -0.2) is 0 Å². The first-order valence-corrected chi connectivity index (χ1v) is 8.07. The molecule has 0 spiro atoms. The third-order valence-corrected chi connectivity index (χ3v) is 5.49. The van der Waals surface area contributed by atoms with Gasteiger partial charge in [0.05, 0.1) is 11.7 Å². The first kappa shape index (κ1) is 12.5. The smallest absolute Gasteiger partial charge is 0.231 e. The van der Waals surface area contributed by atoms with E-state index in [1.54, 1.807) is 0 Å². The van der Waals surface area contributed by atoms with Gasteiger partial charge >= 0.3 is 0 Å². The molecule has 0 saturated heterocycles. The van der Waals surface area contributed by atoms with Crippen LogP contribution in [-0.4, -0.2) is 21.4 Å².